The first-order chi connectivity index (χ1) is 19.6. The minimum atomic E-state index is -0.232. The van der Waals surface area contributed by atoms with E-state index in [9.17, 15) is 0 Å². The van der Waals surface area contributed by atoms with E-state index in [1.165, 1.54) is 38.7 Å². The number of ether oxygens (including phenoxy) is 1. The van der Waals surface area contributed by atoms with Crippen LogP contribution in [0.1, 0.15) is 64.5 Å². The van der Waals surface area contributed by atoms with Gasteiger partial charge in [-0.3, -0.25) is 0 Å². The Balaban J connectivity index is 1.55. The fourth-order valence-electron chi connectivity index (χ4n) is 6.83. The fourth-order valence-corrected chi connectivity index (χ4v) is 6.83. The van der Waals surface area contributed by atoms with E-state index < -0.39 is 0 Å². The molecule has 0 spiro atoms. The molecule has 0 aromatic heterocycles. The lowest BCUT2D eigenvalue weighted by Crippen LogP contribution is -2.31. The zero-order valence-corrected chi connectivity index (χ0v) is 24.2. The SMILES string of the molecule is CCC1(CC)OC(CC)(CC)c2cc(-c3ccc(N(c4ccccc4)c4ccccc4)c4ccccc34)ccc21. The Labute approximate surface area is 239 Å². The van der Waals surface area contributed by atoms with Crippen molar-refractivity contribution >= 4 is 27.8 Å². The minimum Gasteiger partial charge on any atom is -0.359 e. The normalized spacial score (nSPS) is 15.2. The molecule has 6 rings (SSSR count). The summed E-state index contributed by atoms with van der Waals surface area (Å²) in [7, 11) is 0. The molecule has 40 heavy (non-hydrogen) atoms. The molecule has 202 valence electrons. The number of nitrogens with zero attached hydrogens (tertiary/aromatic N) is 1. The van der Waals surface area contributed by atoms with Crippen molar-refractivity contribution in [2.75, 3.05) is 4.90 Å². The van der Waals surface area contributed by atoms with Crippen LogP contribution in [0.15, 0.2) is 115 Å². The largest absolute Gasteiger partial charge is 0.359 e. The Morgan fingerprint density at radius 3 is 1.62 bits per heavy atom. The highest BCUT2D eigenvalue weighted by atomic mass is 16.5. The van der Waals surface area contributed by atoms with Gasteiger partial charge in [0.25, 0.3) is 0 Å². The third-order valence-corrected chi connectivity index (χ3v) is 9.16. The van der Waals surface area contributed by atoms with Crippen molar-refractivity contribution in [2.24, 2.45) is 0 Å². The number of hydrogen-bond donors (Lipinski definition) is 0. The Kier molecular flexibility index (Phi) is 6.98. The monoisotopic (exact) mass is 525 g/mol. The van der Waals surface area contributed by atoms with Crippen molar-refractivity contribution in [1.29, 1.82) is 0 Å². The molecule has 0 atom stereocenters. The molecule has 0 saturated heterocycles. The highest BCUT2D eigenvalue weighted by Crippen LogP contribution is 2.54. The van der Waals surface area contributed by atoms with Gasteiger partial charge in [-0.1, -0.05) is 107 Å². The van der Waals surface area contributed by atoms with Crippen molar-refractivity contribution < 1.29 is 4.74 Å². The third kappa shape index (κ3) is 4.14. The molecule has 0 bridgehead atoms. The van der Waals surface area contributed by atoms with Crippen LogP contribution in [0.25, 0.3) is 21.9 Å². The topological polar surface area (TPSA) is 12.5 Å². The summed E-state index contributed by atoms with van der Waals surface area (Å²) in [6.45, 7) is 9.07. The van der Waals surface area contributed by atoms with Crippen LogP contribution in [0.2, 0.25) is 0 Å². The smallest absolute Gasteiger partial charge is 0.0942 e. The summed E-state index contributed by atoms with van der Waals surface area (Å²) in [4.78, 5) is 2.36. The first kappa shape index (κ1) is 26.3. The van der Waals surface area contributed by atoms with E-state index in [1.807, 2.05) is 0 Å². The predicted octanol–water partition coefficient (Wildman–Crippen LogP) is 11.0. The van der Waals surface area contributed by atoms with Crippen molar-refractivity contribution in [3.05, 3.63) is 126 Å². The van der Waals surface area contributed by atoms with Gasteiger partial charge in [0.1, 0.15) is 0 Å². The molecule has 0 unspecified atom stereocenters. The van der Waals surface area contributed by atoms with Crippen LogP contribution in [-0.4, -0.2) is 0 Å². The Morgan fingerprint density at radius 1 is 0.525 bits per heavy atom. The Hall–Kier alpha value is -3.88. The highest BCUT2D eigenvalue weighted by molar-refractivity contribution is 6.06. The molecular formula is C38H39NO. The van der Waals surface area contributed by atoms with Gasteiger partial charge in [-0.15, -0.1) is 0 Å². The van der Waals surface area contributed by atoms with Gasteiger partial charge in [0, 0.05) is 16.8 Å². The first-order valence-corrected chi connectivity index (χ1v) is 14.9. The van der Waals surface area contributed by atoms with Gasteiger partial charge in [-0.2, -0.15) is 0 Å². The summed E-state index contributed by atoms with van der Waals surface area (Å²) >= 11 is 0. The molecular weight excluding hydrogens is 486 g/mol. The molecule has 0 amide bonds. The third-order valence-electron chi connectivity index (χ3n) is 9.16. The summed E-state index contributed by atoms with van der Waals surface area (Å²) in [5, 5.41) is 2.49. The van der Waals surface area contributed by atoms with Gasteiger partial charge in [-0.05, 0) is 89.7 Å². The van der Waals surface area contributed by atoms with Crippen LogP contribution in [0, 0.1) is 0 Å². The predicted molar refractivity (Wildman–Crippen MR) is 170 cm³/mol. The number of benzene rings is 5. The second kappa shape index (κ2) is 10.6. The molecule has 2 heteroatoms. The lowest BCUT2D eigenvalue weighted by Gasteiger charge is -2.34. The first-order valence-electron chi connectivity index (χ1n) is 14.9. The zero-order valence-electron chi connectivity index (χ0n) is 24.2. The molecule has 0 radical (unpaired) electrons. The maximum absolute atomic E-state index is 7.02. The zero-order chi connectivity index (χ0) is 27.7. The van der Waals surface area contributed by atoms with E-state index in [1.54, 1.807) is 0 Å². The van der Waals surface area contributed by atoms with Gasteiger partial charge >= 0.3 is 0 Å². The number of rotatable bonds is 8. The van der Waals surface area contributed by atoms with Crippen LogP contribution in [0.3, 0.4) is 0 Å². The van der Waals surface area contributed by atoms with E-state index in [0.717, 1.165) is 37.1 Å². The van der Waals surface area contributed by atoms with Crippen molar-refractivity contribution in [1.82, 2.24) is 0 Å². The molecule has 0 saturated carbocycles. The molecule has 0 N–H and O–H groups in total. The molecule has 2 nitrogen and oxygen atoms in total. The number of para-hydroxylation sites is 2. The minimum absolute atomic E-state index is 0.197. The van der Waals surface area contributed by atoms with Gasteiger partial charge in [0.2, 0.25) is 0 Å². The summed E-state index contributed by atoms with van der Waals surface area (Å²) in [5.74, 6) is 0. The molecule has 5 aromatic rings. The van der Waals surface area contributed by atoms with Gasteiger partial charge < -0.3 is 9.64 Å². The highest BCUT2D eigenvalue weighted by Gasteiger charge is 2.49. The molecule has 0 aliphatic carbocycles. The maximum atomic E-state index is 7.02. The summed E-state index contributed by atoms with van der Waals surface area (Å²) in [6, 6.07) is 41.8. The Bertz CT molecular complexity index is 1570. The van der Waals surface area contributed by atoms with Crippen LogP contribution in [0.4, 0.5) is 17.1 Å². The van der Waals surface area contributed by atoms with Crippen molar-refractivity contribution in [3.63, 3.8) is 0 Å². The van der Waals surface area contributed by atoms with E-state index in [-0.39, 0.29) is 11.2 Å². The van der Waals surface area contributed by atoms with E-state index in [2.05, 4.69) is 148 Å². The lowest BCUT2D eigenvalue weighted by atomic mass is 9.81. The molecule has 5 aromatic carbocycles. The standard InChI is InChI=1S/C38H39NO/c1-5-37(6-2)34-25-23-28(27-35(34)38(7-3,8-4)40-37)31-24-26-36(33-22-16-15-21-32(31)33)39(29-17-11-9-12-18-29)30-19-13-10-14-20-30/h9-27H,5-8H2,1-4H3. The molecule has 1 aliphatic heterocycles. The average molecular weight is 526 g/mol. The molecule has 0 fully saturated rings. The summed E-state index contributed by atoms with van der Waals surface area (Å²) in [5.41, 5.74) is 8.31. The second-order valence-electron chi connectivity index (χ2n) is 10.9. The number of anilines is 3. The van der Waals surface area contributed by atoms with E-state index >= 15 is 0 Å². The number of hydrogen-bond acceptors (Lipinski definition) is 2. The van der Waals surface area contributed by atoms with Crippen molar-refractivity contribution in [2.45, 2.75) is 64.6 Å². The van der Waals surface area contributed by atoms with E-state index in [0.29, 0.717) is 0 Å². The molecule has 1 aliphatic rings. The summed E-state index contributed by atoms with van der Waals surface area (Å²) in [6.07, 6.45) is 3.93. The van der Waals surface area contributed by atoms with Gasteiger partial charge in [0.15, 0.2) is 0 Å². The van der Waals surface area contributed by atoms with E-state index in [4.69, 9.17) is 4.74 Å². The Morgan fingerprint density at radius 2 is 1.05 bits per heavy atom. The quantitative estimate of drug-likeness (QED) is 0.200. The summed E-state index contributed by atoms with van der Waals surface area (Å²) < 4.78 is 7.02. The lowest BCUT2D eigenvalue weighted by molar-refractivity contribution is -0.151. The van der Waals surface area contributed by atoms with Crippen LogP contribution >= 0.6 is 0 Å². The van der Waals surface area contributed by atoms with Gasteiger partial charge in [0.05, 0.1) is 16.9 Å². The number of fused-ring (bicyclic) bond motifs is 2. The van der Waals surface area contributed by atoms with Crippen LogP contribution in [-0.2, 0) is 15.9 Å². The van der Waals surface area contributed by atoms with Gasteiger partial charge in [-0.25, -0.2) is 0 Å². The second-order valence-corrected chi connectivity index (χ2v) is 10.9. The van der Waals surface area contributed by atoms with Crippen molar-refractivity contribution in [3.8, 4) is 11.1 Å². The van der Waals surface area contributed by atoms with Crippen LogP contribution in [0.5, 0.6) is 0 Å². The van der Waals surface area contributed by atoms with Crippen LogP contribution < -0.4 is 4.90 Å². The average Bonchev–Trinajstić information content (AvgIpc) is 3.32. The maximum Gasteiger partial charge on any atom is 0.0942 e. The molecule has 1 heterocycles. The fraction of sp³-hybridized carbons (Fsp3) is 0.263.